The first-order chi connectivity index (χ1) is 13.6. The Balaban J connectivity index is 0.00000300. The molecule has 0 aliphatic carbocycles. The van der Waals surface area contributed by atoms with Crippen molar-refractivity contribution in [2.45, 2.75) is 25.8 Å². The number of carbonyl (C=O) groups is 1. The van der Waals surface area contributed by atoms with Crippen LogP contribution in [0.15, 0.2) is 29.3 Å². The molecule has 2 saturated heterocycles. The number of carbonyl (C=O) groups excluding carboxylic acids is 1. The first-order valence-electron chi connectivity index (χ1n) is 10.1. The van der Waals surface area contributed by atoms with Gasteiger partial charge in [0.15, 0.2) is 5.96 Å². The Kier molecular flexibility index (Phi) is 9.78. The van der Waals surface area contributed by atoms with Gasteiger partial charge in [-0.05, 0) is 50.2 Å². The molecule has 1 aromatic carbocycles. The highest BCUT2D eigenvalue weighted by molar-refractivity contribution is 14.0. The number of hydrogen-bond acceptors (Lipinski definition) is 4. The molecule has 1 aromatic rings. The van der Waals surface area contributed by atoms with Crippen molar-refractivity contribution in [2.24, 2.45) is 10.7 Å². The van der Waals surface area contributed by atoms with E-state index in [4.69, 9.17) is 17.3 Å². The van der Waals surface area contributed by atoms with Crippen LogP contribution >= 0.6 is 35.6 Å². The number of likely N-dealkylation sites (N-methyl/N-ethyl adjacent to an activating group) is 1. The van der Waals surface area contributed by atoms with Gasteiger partial charge in [-0.25, -0.2) is 4.99 Å². The summed E-state index contributed by atoms with van der Waals surface area (Å²) in [7, 11) is 0. The molecule has 9 heteroatoms. The lowest BCUT2D eigenvalue weighted by atomic mass is 10.2. The van der Waals surface area contributed by atoms with E-state index in [1.807, 2.05) is 29.2 Å². The Bertz CT molecular complexity index is 678. The van der Waals surface area contributed by atoms with Crippen LogP contribution in [0.5, 0.6) is 0 Å². The molecule has 162 valence electrons. The molecule has 3 N–H and O–H groups in total. The number of rotatable bonds is 6. The number of nitrogens with two attached hydrogens (primary N) is 1. The standard InChI is InChI=1S/C20H31ClN6O.HI/c1-2-25-9-3-4-18(25)14-23-20(22)24-15-19(28)27-12-10-26(11-13-27)17-7-5-16(21)6-8-17;/h5-8,18H,2-4,9-15H2,1H3,(H3,22,23,24);1H. The van der Waals surface area contributed by atoms with Crippen LogP contribution < -0.4 is 16.0 Å². The molecule has 0 bridgehead atoms. The van der Waals surface area contributed by atoms with E-state index in [2.05, 4.69) is 27.0 Å². The second kappa shape index (κ2) is 11.8. The van der Waals surface area contributed by atoms with Crippen molar-refractivity contribution in [3.63, 3.8) is 0 Å². The van der Waals surface area contributed by atoms with Crippen LogP contribution in [0.3, 0.4) is 0 Å². The number of amides is 1. The number of nitrogens with one attached hydrogen (secondary N) is 1. The number of nitrogens with zero attached hydrogens (tertiary/aromatic N) is 4. The number of hydrogen-bond donors (Lipinski definition) is 2. The van der Waals surface area contributed by atoms with Gasteiger partial charge >= 0.3 is 0 Å². The van der Waals surface area contributed by atoms with E-state index in [1.54, 1.807) is 0 Å². The number of benzene rings is 1. The van der Waals surface area contributed by atoms with Crippen LogP contribution in [0.4, 0.5) is 5.69 Å². The van der Waals surface area contributed by atoms with E-state index >= 15 is 0 Å². The molecule has 2 aliphatic rings. The molecule has 2 aliphatic heterocycles. The summed E-state index contributed by atoms with van der Waals surface area (Å²) in [5.74, 6) is 0.382. The lowest BCUT2D eigenvalue weighted by molar-refractivity contribution is -0.129. The maximum absolute atomic E-state index is 12.4. The second-order valence-corrected chi connectivity index (χ2v) is 7.79. The number of likely N-dealkylation sites (tertiary alicyclic amines) is 1. The Morgan fingerprint density at radius 3 is 2.55 bits per heavy atom. The third-order valence-electron chi connectivity index (χ3n) is 5.63. The van der Waals surface area contributed by atoms with Crippen LogP contribution in [-0.4, -0.2) is 80.1 Å². The van der Waals surface area contributed by atoms with Gasteiger partial charge in [-0.2, -0.15) is 0 Å². The highest BCUT2D eigenvalue weighted by Gasteiger charge is 2.23. The summed E-state index contributed by atoms with van der Waals surface area (Å²) in [5, 5.41) is 3.91. The molecule has 0 radical (unpaired) electrons. The zero-order valence-electron chi connectivity index (χ0n) is 17.0. The Labute approximate surface area is 195 Å². The van der Waals surface area contributed by atoms with Crippen molar-refractivity contribution >= 4 is 53.1 Å². The minimum atomic E-state index is 0. The van der Waals surface area contributed by atoms with Crippen LogP contribution in [0.25, 0.3) is 0 Å². The van der Waals surface area contributed by atoms with Crippen LogP contribution in [0, 0.1) is 0 Å². The number of halogens is 2. The fourth-order valence-corrected chi connectivity index (χ4v) is 4.07. The van der Waals surface area contributed by atoms with E-state index < -0.39 is 0 Å². The monoisotopic (exact) mass is 534 g/mol. The lowest BCUT2D eigenvalue weighted by Crippen LogP contribution is -2.49. The Morgan fingerprint density at radius 1 is 1.21 bits per heavy atom. The summed E-state index contributed by atoms with van der Waals surface area (Å²) in [6, 6.07) is 8.32. The maximum atomic E-state index is 12.4. The van der Waals surface area contributed by atoms with Gasteiger partial charge in [0.25, 0.3) is 0 Å². The van der Waals surface area contributed by atoms with Gasteiger partial charge in [0.05, 0.1) is 0 Å². The molecular weight excluding hydrogens is 503 g/mol. The van der Waals surface area contributed by atoms with Gasteiger partial charge in [-0.1, -0.05) is 18.5 Å². The molecule has 29 heavy (non-hydrogen) atoms. The van der Waals surface area contributed by atoms with Crippen molar-refractivity contribution in [3.05, 3.63) is 29.3 Å². The first kappa shape index (κ1) is 24.0. The molecule has 0 aromatic heterocycles. The molecule has 1 atom stereocenters. The molecule has 0 spiro atoms. The summed E-state index contributed by atoms with van der Waals surface area (Å²) in [6.07, 6.45) is 2.42. The van der Waals surface area contributed by atoms with Crippen LogP contribution in [0.1, 0.15) is 19.8 Å². The van der Waals surface area contributed by atoms with E-state index in [0.717, 1.165) is 43.4 Å². The van der Waals surface area contributed by atoms with Gasteiger partial charge in [-0.15, -0.1) is 24.0 Å². The summed E-state index contributed by atoms with van der Waals surface area (Å²) in [6.45, 7) is 8.28. The van der Waals surface area contributed by atoms with Crippen molar-refractivity contribution < 1.29 is 4.79 Å². The van der Waals surface area contributed by atoms with E-state index in [0.29, 0.717) is 25.1 Å². The van der Waals surface area contributed by atoms with Crippen molar-refractivity contribution in [1.29, 1.82) is 0 Å². The predicted molar refractivity (Wildman–Crippen MR) is 130 cm³/mol. The number of piperazine rings is 1. The largest absolute Gasteiger partial charge is 0.370 e. The lowest BCUT2D eigenvalue weighted by Gasteiger charge is -2.36. The smallest absolute Gasteiger partial charge is 0.244 e. The van der Waals surface area contributed by atoms with Crippen LogP contribution in [-0.2, 0) is 4.79 Å². The highest BCUT2D eigenvalue weighted by Crippen LogP contribution is 2.19. The van der Waals surface area contributed by atoms with E-state index in [9.17, 15) is 4.79 Å². The van der Waals surface area contributed by atoms with Gasteiger partial charge < -0.3 is 20.9 Å². The summed E-state index contributed by atoms with van der Waals surface area (Å²) in [5.41, 5.74) is 7.09. The van der Waals surface area contributed by atoms with Gasteiger partial charge in [0, 0.05) is 49.5 Å². The first-order valence-corrected chi connectivity index (χ1v) is 10.5. The van der Waals surface area contributed by atoms with Gasteiger partial charge in [-0.3, -0.25) is 9.69 Å². The van der Waals surface area contributed by atoms with Crippen molar-refractivity contribution in [2.75, 3.05) is 57.3 Å². The topological polar surface area (TPSA) is 77.2 Å². The summed E-state index contributed by atoms with van der Waals surface area (Å²) < 4.78 is 0. The summed E-state index contributed by atoms with van der Waals surface area (Å²) >= 11 is 5.95. The fourth-order valence-electron chi connectivity index (χ4n) is 3.94. The normalized spacial score (nSPS) is 20.5. The zero-order valence-corrected chi connectivity index (χ0v) is 20.1. The van der Waals surface area contributed by atoms with E-state index in [1.165, 1.54) is 12.8 Å². The number of anilines is 1. The molecule has 1 unspecified atom stereocenters. The average molecular weight is 535 g/mol. The molecular formula is C20H32ClIN6O. The maximum Gasteiger partial charge on any atom is 0.244 e. The third-order valence-corrected chi connectivity index (χ3v) is 5.88. The molecule has 0 saturated carbocycles. The molecule has 2 fully saturated rings. The Morgan fingerprint density at radius 2 is 1.90 bits per heavy atom. The quantitative estimate of drug-likeness (QED) is 0.332. The zero-order chi connectivity index (χ0) is 19.9. The van der Waals surface area contributed by atoms with Crippen molar-refractivity contribution in [3.8, 4) is 0 Å². The molecule has 2 heterocycles. The second-order valence-electron chi connectivity index (χ2n) is 7.35. The number of guanidine groups is 1. The average Bonchev–Trinajstić information content (AvgIpc) is 3.19. The molecule has 3 rings (SSSR count). The van der Waals surface area contributed by atoms with E-state index in [-0.39, 0.29) is 36.4 Å². The molecule has 7 nitrogen and oxygen atoms in total. The third kappa shape index (κ3) is 6.89. The van der Waals surface area contributed by atoms with Gasteiger partial charge in [0.1, 0.15) is 6.54 Å². The molecule has 1 amide bonds. The van der Waals surface area contributed by atoms with Crippen molar-refractivity contribution in [1.82, 2.24) is 15.1 Å². The minimum Gasteiger partial charge on any atom is -0.370 e. The predicted octanol–water partition coefficient (Wildman–Crippen LogP) is 2.00. The van der Waals surface area contributed by atoms with Gasteiger partial charge in [0.2, 0.25) is 5.91 Å². The number of aliphatic imine (C=N–C) groups is 1. The fraction of sp³-hybridized carbons (Fsp3) is 0.600. The van der Waals surface area contributed by atoms with Crippen LogP contribution in [0.2, 0.25) is 5.02 Å². The minimum absolute atomic E-state index is 0. The SMILES string of the molecule is CCN1CCCC1CNC(N)=NCC(=O)N1CCN(c2ccc(Cl)cc2)CC1.I. The Hall–Kier alpha value is -1.26. The summed E-state index contributed by atoms with van der Waals surface area (Å²) in [4.78, 5) is 23.3. The highest BCUT2D eigenvalue weighted by atomic mass is 127.